The highest BCUT2D eigenvalue weighted by Crippen LogP contribution is 2.68. The molecule has 1 aromatic rings. The molecule has 3 N–H and O–H groups in total. The fourth-order valence-electron chi connectivity index (χ4n) is 7.27. The summed E-state index contributed by atoms with van der Waals surface area (Å²) in [6, 6.07) is 6.47. The van der Waals surface area contributed by atoms with Gasteiger partial charge in [-0.2, -0.15) is 0 Å². The summed E-state index contributed by atoms with van der Waals surface area (Å²) in [4.78, 5) is 43.1. The second-order valence-electron chi connectivity index (χ2n) is 12.9. The quantitative estimate of drug-likeness (QED) is 0.437. The van der Waals surface area contributed by atoms with Crippen LogP contribution >= 0.6 is 11.8 Å². The molecule has 38 heavy (non-hydrogen) atoms. The molecule has 2 bridgehead atoms. The Bertz CT molecular complexity index is 1070. The predicted octanol–water partition coefficient (Wildman–Crippen LogP) is 3.68. The average Bonchev–Trinajstić information content (AvgIpc) is 3.37. The minimum atomic E-state index is -0.736. The van der Waals surface area contributed by atoms with Crippen molar-refractivity contribution in [2.75, 3.05) is 25.1 Å². The molecule has 210 valence electrons. The van der Waals surface area contributed by atoms with Crippen molar-refractivity contribution in [1.29, 1.82) is 0 Å². The zero-order valence-corrected chi connectivity index (χ0v) is 24.5. The lowest BCUT2D eigenvalue weighted by Crippen LogP contribution is -2.60. The van der Waals surface area contributed by atoms with Crippen molar-refractivity contribution in [3.63, 3.8) is 0 Å². The molecular formula is C29H43N3O5S. The summed E-state index contributed by atoms with van der Waals surface area (Å²) in [6.07, 6.45) is 1.53. The largest absolute Gasteiger partial charge is 0.494 e. The van der Waals surface area contributed by atoms with Gasteiger partial charge in [-0.25, -0.2) is 0 Å². The summed E-state index contributed by atoms with van der Waals surface area (Å²) in [6.45, 7) is 14.8. The smallest absolute Gasteiger partial charge is 0.244 e. The van der Waals surface area contributed by atoms with Gasteiger partial charge in [0.1, 0.15) is 11.8 Å². The highest BCUT2D eigenvalue weighted by atomic mass is 32.2. The summed E-state index contributed by atoms with van der Waals surface area (Å²) < 4.78 is 4.78. The first-order valence-electron chi connectivity index (χ1n) is 13.7. The van der Waals surface area contributed by atoms with Crippen LogP contribution in [0.25, 0.3) is 0 Å². The van der Waals surface area contributed by atoms with Crippen LogP contribution in [-0.2, 0) is 14.4 Å². The highest BCUT2D eigenvalue weighted by Gasteiger charge is 2.76. The molecule has 0 aliphatic carbocycles. The average molecular weight is 546 g/mol. The fraction of sp³-hybridized carbons (Fsp3) is 0.690. The third kappa shape index (κ3) is 5.16. The molecule has 3 unspecified atom stereocenters. The minimum Gasteiger partial charge on any atom is -0.494 e. The Morgan fingerprint density at radius 3 is 2.39 bits per heavy atom. The van der Waals surface area contributed by atoms with Gasteiger partial charge in [0.15, 0.2) is 0 Å². The number of β-amino-alcohol motifs (C(OH)–C–C–N with tert-alkyl or cyclic N) is 1. The molecule has 3 amide bonds. The number of fused-ring (bicyclic) bond motifs is 1. The Balaban J connectivity index is 1.62. The molecule has 4 rings (SSSR count). The first kappa shape index (κ1) is 28.7. The molecule has 9 heteroatoms. The number of benzene rings is 1. The molecule has 3 aliphatic heterocycles. The molecule has 3 aliphatic rings. The van der Waals surface area contributed by atoms with E-state index in [0.717, 1.165) is 18.6 Å². The van der Waals surface area contributed by atoms with Gasteiger partial charge in [-0.15, -0.1) is 11.8 Å². The van der Waals surface area contributed by atoms with Crippen LogP contribution in [0.3, 0.4) is 0 Å². The normalized spacial score (nSPS) is 30.4. The molecule has 3 saturated heterocycles. The number of rotatable bonds is 9. The van der Waals surface area contributed by atoms with Crippen molar-refractivity contribution in [2.24, 2.45) is 23.2 Å². The lowest BCUT2D eigenvalue weighted by Gasteiger charge is -2.41. The molecule has 8 nitrogen and oxygen atoms in total. The van der Waals surface area contributed by atoms with Crippen LogP contribution in [0.4, 0.5) is 5.69 Å². The number of nitrogens with one attached hydrogen (secondary N) is 2. The number of hydrogen-bond acceptors (Lipinski definition) is 6. The molecule has 0 radical (unpaired) electrons. The molecular weight excluding hydrogens is 502 g/mol. The van der Waals surface area contributed by atoms with Crippen LogP contribution in [0.5, 0.6) is 5.75 Å². The Morgan fingerprint density at radius 2 is 1.82 bits per heavy atom. The Morgan fingerprint density at radius 1 is 1.16 bits per heavy atom. The van der Waals surface area contributed by atoms with Crippen molar-refractivity contribution >= 4 is 35.2 Å². The number of amides is 3. The molecule has 3 fully saturated rings. The van der Waals surface area contributed by atoms with Crippen LogP contribution in [-0.4, -0.2) is 69.1 Å². The lowest BCUT2D eigenvalue weighted by molar-refractivity contribution is -0.139. The van der Waals surface area contributed by atoms with Crippen LogP contribution in [0.1, 0.15) is 61.3 Å². The van der Waals surface area contributed by atoms with Crippen LogP contribution in [0, 0.1) is 23.2 Å². The maximum atomic E-state index is 14.0. The molecule has 1 aromatic carbocycles. The third-order valence-corrected chi connectivity index (χ3v) is 10.1. The number of likely N-dealkylation sites (tertiary alicyclic amines) is 1. The number of nitrogens with zero attached hydrogens (tertiary/aromatic N) is 1. The fourth-order valence-corrected chi connectivity index (χ4v) is 9.69. The first-order chi connectivity index (χ1) is 17.7. The zero-order chi connectivity index (χ0) is 28.0. The number of carbonyl (C=O) groups is 3. The van der Waals surface area contributed by atoms with E-state index in [-0.39, 0.29) is 47.5 Å². The topological polar surface area (TPSA) is 108 Å². The number of carbonyl (C=O) groups excluding carboxylic acids is 3. The third-order valence-electron chi connectivity index (χ3n) is 8.00. The van der Waals surface area contributed by atoms with E-state index < -0.39 is 28.2 Å². The lowest BCUT2D eigenvalue weighted by atomic mass is 9.65. The van der Waals surface area contributed by atoms with E-state index >= 15 is 0 Å². The zero-order valence-electron chi connectivity index (χ0n) is 23.7. The van der Waals surface area contributed by atoms with Gasteiger partial charge < -0.3 is 25.4 Å². The van der Waals surface area contributed by atoms with E-state index in [2.05, 4.69) is 38.3 Å². The van der Waals surface area contributed by atoms with Gasteiger partial charge in [-0.05, 0) is 69.2 Å². The van der Waals surface area contributed by atoms with Crippen molar-refractivity contribution < 1.29 is 24.2 Å². The second kappa shape index (κ2) is 10.4. The monoisotopic (exact) mass is 545 g/mol. The molecule has 0 saturated carbocycles. The summed E-state index contributed by atoms with van der Waals surface area (Å²) >= 11 is 1.64. The minimum absolute atomic E-state index is 0.00574. The summed E-state index contributed by atoms with van der Waals surface area (Å²) in [5, 5.41) is 16.0. The summed E-state index contributed by atoms with van der Waals surface area (Å²) in [5.41, 5.74) is 0.169. The van der Waals surface area contributed by atoms with E-state index in [9.17, 15) is 19.5 Å². The Hall–Kier alpha value is -2.26. The Labute approximate surface area is 230 Å². The molecule has 6 atom stereocenters. The van der Waals surface area contributed by atoms with Crippen LogP contribution < -0.4 is 15.4 Å². The van der Waals surface area contributed by atoms with Gasteiger partial charge in [-0.1, -0.05) is 27.7 Å². The van der Waals surface area contributed by atoms with Gasteiger partial charge in [0.25, 0.3) is 0 Å². The maximum Gasteiger partial charge on any atom is 0.244 e. The molecule has 3 heterocycles. The number of aliphatic hydroxyl groups excluding tert-OH is 1. The van der Waals surface area contributed by atoms with Gasteiger partial charge in [-0.3, -0.25) is 14.4 Å². The van der Waals surface area contributed by atoms with E-state index in [1.165, 1.54) is 4.90 Å². The second-order valence-corrected chi connectivity index (χ2v) is 14.4. The summed E-state index contributed by atoms with van der Waals surface area (Å²) in [5.74, 6) is -0.961. The van der Waals surface area contributed by atoms with E-state index in [1.54, 1.807) is 23.9 Å². The first-order valence-corrected chi connectivity index (χ1v) is 14.6. The number of hydrogen-bond donors (Lipinski definition) is 3. The predicted molar refractivity (Wildman–Crippen MR) is 150 cm³/mol. The number of thioether (sulfide) groups is 1. The number of anilines is 1. The molecule has 1 spiro atoms. The van der Waals surface area contributed by atoms with Gasteiger partial charge in [0.05, 0.1) is 29.8 Å². The SMILES string of the molecule is CCOc1ccc(NC(=O)[C@@H]2[C@H]3C(=O)N(CCO)C(C(=O)NC(C)(C)CC(C)(C)C)C34S[C@@H]2CC4C)cc1. The number of ether oxygens (including phenoxy) is 1. The summed E-state index contributed by atoms with van der Waals surface area (Å²) in [7, 11) is 0. The van der Waals surface area contributed by atoms with Crippen molar-refractivity contribution in [2.45, 2.75) is 82.9 Å². The van der Waals surface area contributed by atoms with E-state index in [0.29, 0.717) is 12.3 Å². The maximum absolute atomic E-state index is 14.0. The Kier molecular flexibility index (Phi) is 7.85. The van der Waals surface area contributed by atoms with Crippen LogP contribution in [0.2, 0.25) is 0 Å². The standard InChI is InChI=1S/C29H43N3O5S/c1-8-37-19-11-9-18(10-12-19)30-24(34)21-20-15-17(2)29(38-20)22(21)26(36)32(13-14-33)23(29)25(35)31-28(6,7)16-27(3,4)5/h9-12,17,20-23,33H,8,13-16H2,1-7H3,(H,30,34)(H,31,35)/t17?,20-,21+,22+,23?,29?/m1/s1. The molecule has 0 aromatic heterocycles. The van der Waals surface area contributed by atoms with E-state index in [4.69, 9.17) is 4.74 Å². The van der Waals surface area contributed by atoms with Gasteiger partial charge >= 0.3 is 0 Å². The van der Waals surface area contributed by atoms with Gasteiger partial charge in [0, 0.05) is 23.0 Å². The van der Waals surface area contributed by atoms with Gasteiger partial charge in [0.2, 0.25) is 17.7 Å². The van der Waals surface area contributed by atoms with Crippen molar-refractivity contribution in [3.8, 4) is 5.75 Å². The number of aliphatic hydroxyl groups is 1. The van der Waals surface area contributed by atoms with Crippen molar-refractivity contribution in [1.82, 2.24) is 10.2 Å². The van der Waals surface area contributed by atoms with E-state index in [1.807, 2.05) is 32.9 Å². The van der Waals surface area contributed by atoms with Crippen LogP contribution in [0.15, 0.2) is 24.3 Å². The highest BCUT2D eigenvalue weighted by molar-refractivity contribution is 8.02. The van der Waals surface area contributed by atoms with Crippen molar-refractivity contribution in [3.05, 3.63) is 24.3 Å².